The summed E-state index contributed by atoms with van der Waals surface area (Å²) in [6, 6.07) is 16.1. The molecule has 0 bridgehead atoms. The zero-order valence-electron chi connectivity index (χ0n) is 16.7. The monoisotopic (exact) mass is 391 g/mol. The van der Waals surface area contributed by atoms with Crippen molar-refractivity contribution in [3.05, 3.63) is 72.2 Å². The summed E-state index contributed by atoms with van der Waals surface area (Å²) in [5.74, 6) is 0.467. The largest absolute Gasteiger partial charge is 0.342 e. The SMILES string of the molecule is CC(C)NC(=O)Nc1ccc(C(=O)NC(C)c2ncc(-c3ccccc3)[nH]2)cc1. The standard InChI is InChI=1S/C22H25N5O2/c1-14(2)24-22(29)26-18-11-9-17(10-12-18)21(28)25-15(3)20-23-13-19(27-20)16-7-5-4-6-8-16/h4-15H,1-3H3,(H,23,27)(H,25,28)(H2,24,26,29). The number of urea groups is 1. The summed E-state index contributed by atoms with van der Waals surface area (Å²) >= 11 is 0. The number of rotatable bonds is 6. The number of benzene rings is 2. The van der Waals surface area contributed by atoms with Gasteiger partial charge >= 0.3 is 6.03 Å². The number of aromatic amines is 1. The highest BCUT2D eigenvalue weighted by Crippen LogP contribution is 2.19. The van der Waals surface area contributed by atoms with Gasteiger partial charge in [0, 0.05) is 17.3 Å². The van der Waals surface area contributed by atoms with E-state index in [0.717, 1.165) is 11.3 Å². The Morgan fingerprint density at radius 2 is 1.62 bits per heavy atom. The van der Waals surface area contributed by atoms with Crippen LogP contribution in [0.25, 0.3) is 11.3 Å². The molecule has 1 heterocycles. The Hall–Kier alpha value is -3.61. The van der Waals surface area contributed by atoms with E-state index in [9.17, 15) is 9.59 Å². The molecule has 7 heteroatoms. The molecule has 0 aliphatic rings. The Kier molecular flexibility index (Phi) is 6.29. The Labute approximate surface area is 170 Å². The molecule has 1 unspecified atom stereocenters. The Bertz CT molecular complexity index is 964. The van der Waals surface area contributed by atoms with Crippen LogP contribution in [0.3, 0.4) is 0 Å². The average Bonchev–Trinajstić information content (AvgIpc) is 3.19. The van der Waals surface area contributed by atoms with Gasteiger partial charge in [0.05, 0.1) is 17.9 Å². The highest BCUT2D eigenvalue weighted by atomic mass is 16.2. The molecule has 0 saturated heterocycles. The van der Waals surface area contributed by atoms with Gasteiger partial charge in [0.2, 0.25) is 0 Å². The van der Waals surface area contributed by atoms with E-state index in [1.54, 1.807) is 30.5 Å². The third-order valence-electron chi connectivity index (χ3n) is 4.26. The highest BCUT2D eigenvalue weighted by molar-refractivity contribution is 5.95. The summed E-state index contributed by atoms with van der Waals surface area (Å²) in [6.07, 6.45) is 1.76. The van der Waals surface area contributed by atoms with Crippen LogP contribution in [0.2, 0.25) is 0 Å². The average molecular weight is 391 g/mol. The molecule has 1 aromatic heterocycles. The van der Waals surface area contributed by atoms with Crippen LogP contribution >= 0.6 is 0 Å². The van der Waals surface area contributed by atoms with Crippen molar-refractivity contribution in [2.75, 3.05) is 5.32 Å². The van der Waals surface area contributed by atoms with Gasteiger partial charge in [-0.1, -0.05) is 30.3 Å². The van der Waals surface area contributed by atoms with Crippen LogP contribution in [0.4, 0.5) is 10.5 Å². The summed E-state index contributed by atoms with van der Waals surface area (Å²) in [5.41, 5.74) is 3.05. The Balaban J connectivity index is 1.60. The molecule has 0 aliphatic heterocycles. The summed E-state index contributed by atoms with van der Waals surface area (Å²) in [5, 5.41) is 8.41. The third-order valence-corrected chi connectivity index (χ3v) is 4.26. The first kappa shape index (κ1) is 20.1. The molecule has 3 rings (SSSR count). The van der Waals surface area contributed by atoms with E-state index in [1.807, 2.05) is 51.1 Å². The number of nitrogens with zero attached hydrogens (tertiary/aromatic N) is 1. The maximum absolute atomic E-state index is 12.5. The highest BCUT2D eigenvalue weighted by Gasteiger charge is 2.15. The number of carbonyl (C=O) groups is 2. The molecule has 0 spiro atoms. The van der Waals surface area contributed by atoms with E-state index in [4.69, 9.17) is 0 Å². The first-order valence-electron chi connectivity index (χ1n) is 9.51. The minimum Gasteiger partial charge on any atom is -0.342 e. The minimum atomic E-state index is -0.283. The van der Waals surface area contributed by atoms with Gasteiger partial charge in [0.15, 0.2) is 0 Å². The zero-order chi connectivity index (χ0) is 20.8. The fraction of sp³-hybridized carbons (Fsp3) is 0.227. The molecular formula is C22H25N5O2. The van der Waals surface area contributed by atoms with Crippen LogP contribution in [0.1, 0.15) is 43.0 Å². The number of anilines is 1. The Morgan fingerprint density at radius 3 is 2.28 bits per heavy atom. The predicted octanol–water partition coefficient (Wildman–Crippen LogP) is 4.10. The van der Waals surface area contributed by atoms with E-state index in [0.29, 0.717) is 17.1 Å². The lowest BCUT2D eigenvalue weighted by Crippen LogP contribution is -2.34. The number of H-pyrrole nitrogens is 1. The summed E-state index contributed by atoms with van der Waals surface area (Å²) in [6.45, 7) is 5.64. The maximum atomic E-state index is 12.5. The van der Waals surface area contributed by atoms with Crippen molar-refractivity contribution >= 4 is 17.6 Å². The van der Waals surface area contributed by atoms with Crippen molar-refractivity contribution in [1.29, 1.82) is 0 Å². The normalized spacial score (nSPS) is 11.7. The van der Waals surface area contributed by atoms with Gasteiger partial charge in [-0.3, -0.25) is 4.79 Å². The van der Waals surface area contributed by atoms with E-state index in [2.05, 4.69) is 25.9 Å². The van der Waals surface area contributed by atoms with E-state index in [1.165, 1.54) is 0 Å². The van der Waals surface area contributed by atoms with Gasteiger partial charge < -0.3 is 20.9 Å². The van der Waals surface area contributed by atoms with Crippen molar-refractivity contribution in [2.45, 2.75) is 32.9 Å². The van der Waals surface area contributed by atoms with Crippen molar-refractivity contribution < 1.29 is 9.59 Å². The first-order valence-corrected chi connectivity index (χ1v) is 9.51. The summed E-state index contributed by atoms with van der Waals surface area (Å²) < 4.78 is 0. The molecule has 3 aromatic rings. The van der Waals surface area contributed by atoms with Crippen LogP contribution in [0.15, 0.2) is 60.8 Å². The molecule has 0 fully saturated rings. The van der Waals surface area contributed by atoms with Gasteiger partial charge in [-0.2, -0.15) is 0 Å². The van der Waals surface area contributed by atoms with Crippen LogP contribution in [0, 0.1) is 0 Å². The van der Waals surface area contributed by atoms with Gasteiger partial charge in [-0.15, -0.1) is 0 Å². The molecule has 3 amide bonds. The lowest BCUT2D eigenvalue weighted by Gasteiger charge is -2.13. The third kappa shape index (κ3) is 5.44. The number of imidazole rings is 1. The lowest BCUT2D eigenvalue weighted by atomic mass is 10.1. The van der Waals surface area contributed by atoms with Crippen molar-refractivity contribution in [2.24, 2.45) is 0 Å². The smallest absolute Gasteiger partial charge is 0.319 e. The second-order valence-electron chi connectivity index (χ2n) is 7.07. The zero-order valence-corrected chi connectivity index (χ0v) is 16.7. The van der Waals surface area contributed by atoms with Crippen molar-refractivity contribution in [3.63, 3.8) is 0 Å². The molecule has 2 aromatic carbocycles. The van der Waals surface area contributed by atoms with Crippen LogP contribution in [-0.2, 0) is 0 Å². The number of hydrogen-bond donors (Lipinski definition) is 4. The molecule has 29 heavy (non-hydrogen) atoms. The fourth-order valence-electron chi connectivity index (χ4n) is 2.80. The first-order chi connectivity index (χ1) is 13.9. The van der Waals surface area contributed by atoms with Gasteiger partial charge in [-0.05, 0) is 50.6 Å². The second kappa shape index (κ2) is 9.05. The topological polar surface area (TPSA) is 98.9 Å². The minimum absolute atomic E-state index is 0.0468. The number of carbonyl (C=O) groups excluding carboxylic acids is 2. The number of nitrogens with one attached hydrogen (secondary N) is 4. The quantitative estimate of drug-likeness (QED) is 0.509. The molecule has 1 atom stereocenters. The molecule has 0 radical (unpaired) electrons. The molecule has 150 valence electrons. The number of amides is 3. The van der Waals surface area contributed by atoms with Crippen molar-refractivity contribution in [3.8, 4) is 11.3 Å². The van der Waals surface area contributed by atoms with E-state index in [-0.39, 0.29) is 24.0 Å². The maximum Gasteiger partial charge on any atom is 0.319 e. The number of aromatic nitrogens is 2. The Morgan fingerprint density at radius 1 is 0.931 bits per heavy atom. The predicted molar refractivity (Wildman–Crippen MR) is 114 cm³/mol. The summed E-state index contributed by atoms with van der Waals surface area (Å²) in [4.78, 5) is 31.9. The number of hydrogen-bond acceptors (Lipinski definition) is 3. The summed E-state index contributed by atoms with van der Waals surface area (Å²) in [7, 11) is 0. The molecule has 0 aliphatic carbocycles. The van der Waals surface area contributed by atoms with Crippen LogP contribution in [0.5, 0.6) is 0 Å². The lowest BCUT2D eigenvalue weighted by molar-refractivity contribution is 0.0938. The molecule has 4 N–H and O–H groups in total. The van der Waals surface area contributed by atoms with Crippen molar-refractivity contribution in [1.82, 2.24) is 20.6 Å². The van der Waals surface area contributed by atoms with Crippen LogP contribution < -0.4 is 16.0 Å². The molecule has 7 nitrogen and oxygen atoms in total. The fourth-order valence-corrected chi connectivity index (χ4v) is 2.80. The van der Waals surface area contributed by atoms with Gasteiger partial charge in [-0.25, -0.2) is 9.78 Å². The van der Waals surface area contributed by atoms with E-state index >= 15 is 0 Å². The van der Waals surface area contributed by atoms with E-state index < -0.39 is 0 Å². The second-order valence-corrected chi connectivity index (χ2v) is 7.07. The molecule has 0 saturated carbocycles. The van der Waals surface area contributed by atoms with Gasteiger partial charge in [0.1, 0.15) is 5.82 Å². The molecular weight excluding hydrogens is 366 g/mol. The van der Waals surface area contributed by atoms with Gasteiger partial charge in [0.25, 0.3) is 5.91 Å². The van der Waals surface area contributed by atoms with Crippen LogP contribution in [-0.4, -0.2) is 27.9 Å².